The Balaban J connectivity index is 1.49. The molecule has 0 saturated carbocycles. The first-order chi connectivity index (χ1) is 17.5. The van der Waals surface area contributed by atoms with Gasteiger partial charge in [-0.1, -0.05) is 60.7 Å². The van der Waals surface area contributed by atoms with Gasteiger partial charge in [0.15, 0.2) is 11.5 Å². The molecule has 0 atom stereocenters. The van der Waals surface area contributed by atoms with Gasteiger partial charge in [-0.3, -0.25) is 9.59 Å². The van der Waals surface area contributed by atoms with Crippen LogP contribution < -0.4 is 14.2 Å². The number of hydrogen-bond donors (Lipinski definition) is 0. The van der Waals surface area contributed by atoms with Crippen molar-refractivity contribution < 1.29 is 23.8 Å². The van der Waals surface area contributed by atoms with E-state index in [4.69, 9.17) is 14.2 Å². The van der Waals surface area contributed by atoms with Gasteiger partial charge in [-0.15, -0.1) is 0 Å². The molecule has 1 aliphatic heterocycles. The topological polar surface area (TPSA) is 68.3 Å². The van der Waals surface area contributed by atoms with Crippen LogP contribution in [-0.2, 0) is 4.79 Å². The number of amides is 2. The number of piperazine rings is 1. The van der Waals surface area contributed by atoms with Gasteiger partial charge in [-0.2, -0.15) is 0 Å². The van der Waals surface area contributed by atoms with Crippen LogP contribution in [0.25, 0.3) is 5.57 Å². The normalized spacial score (nSPS) is 13.1. The predicted octanol–water partition coefficient (Wildman–Crippen LogP) is 4.13. The minimum Gasteiger partial charge on any atom is -0.493 e. The molecule has 186 valence electrons. The van der Waals surface area contributed by atoms with Crippen LogP contribution in [0.4, 0.5) is 0 Å². The van der Waals surface area contributed by atoms with Gasteiger partial charge < -0.3 is 24.0 Å². The van der Waals surface area contributed by atoms with Crippen LogP contribution >= 0.6 is 0 Å². The van der Waals surface area contributed by atoms with Crippen molar-refractivity contribution in [3.05, 3.63) is 95.6 Å². The molecule has 1 heterocycles. The number of methoxy groups -OCH3 is 3. The SMILES string of the molecule is COc1cc(C(=O)N2CCN(C(=O)C=C(c3ccccc3)c3ccccc3)CC2)cc(OC)c1OC. The Morgan fingerprint density at radius 1 is 0.667 bits per heavy atom. The van der Waals surface area contributed by atoms with E-state index in [1.807, 2.05) is 60.7 Å². The first-order valence-electron chi connectivity index (χ1n) is 11.8. The number of hydrogen-bond acceptors (Lipinski definition) is 5. The van der Waals surface area contributed by atoms with E-state index in [-0.39, 0.29) is 11.8 Å². The molecule has 0 aliphatic carbocycles. The van der Waals surface area contributed by atoms with E-state index in [1.54, 1.807) is 28.0 Å². The van der Waals surface area contributed by atoms with Gasteiger partial charge in [0, 0.05) is 37.8 Å². The maximum atomic E-state index is 13.2. The van der Waals surface area contributed by atoms with Crippen molar-refractivity contribution in [2.45, 2.75) is 0 Å². The summed E-state index contributed by atoms with van der Waals surface area (Å²) in [4.78, 5) is 30.0. The molecule has 2 amide bonds. The first-order valence-corrected chi connectivity index (χ1v) is 11.8. The summed E-state index contributed by atoms with van der Waals surface area (Å²) in [6.45, 7) is 1.76. The fraction of sp³-hybridized carbons (Fsp3) is 0.241. The summed E-state index contributed by atoms with van der Waals surface area (Å²) >= 11 is 0. The lowest BCUT2D eigenvalue weighted by Crippen LogP contribution is -2.50. The quantitative estimate of drug-likeness (QED) is 0.470. The van der Waals surface area contributed by atoms with E-state index in [2.05, 4.69) is 0 Å². The molecule has 3 aromatic carbocycles. The van der Waals surface area contributed by atoms with Crippen molar-refractivity contribution in [1.82, 2.24) is 9.80 Å². The molecular formula is C29H30N2O5. The zero-order valence-corrected chi connectivity index (χ0v) is 20.8. The van der Waals surface area contributed by atoms with Gasteiger partial charge in [0.25, 0.3) is 5.91 Å². The first kappa shape index (κ1) is 24.9. The summed E-state index contributed by atoms with van der Waals surface area (Å²) in [6, 6.07) is 23.1. The van der Waals surface area contributed by atoms with E-state index < -0.39 is 0 Å². The zero-order valence-electron chi connectivity index (χ0n) is 20.8. The molecule has 4 rings (SSSR count). The Kier molecular flexibility index (Phi) is 7.90. The highest BCUT2D eigenvalue weighted by Gasteiger charge is 2.26. The number of ether oxygens (including phenoxy) is 3. The smallest absolute Gasteiger partial charge is 0.254 e. The van der Waals surface area contributed by atoms with E-state index >= 15 is 0 Å². The van der Waals surface area contributed by atoms with Crippen molar-refractivity contribution in [1.29, 1.82) is 0 Å². The molecule has 0 N–H and O–H groups in total. The average molecular weight is 487 g/mol. The van der Waals surface area contributed by atoms with Crippen LogP contribution in [0.2, 0.25) is 0 Å². The van der Waals surface area contributed by atoms with Crippen molar-refractivity contribution in [3.8, 4) is 17.2 Å². The summed E-state index contributed by atoms with van der Waals surface area (Å²) in [5.74, 6) is 1.07. The molecule has 1 fully saturated rings. The second-order valence-electron chi connectivity index (χ2n) is 8.32. The largest absolute Gasteiger partial charge is 0.493 e. The second-order valence-corrected chi connectivity index (χ2v) is 8.32. The van der Waals surface area contributed by atoms with Gasteiger partial charge in [-0.05, 0) is 28.8 Å². The highest BCUT2D eigenvalue weighted by molar-refractivity contribution is 5.99. The maximum Gasteiger partial charge on any atom is 0.254 e. The van der Waals surface area contributed by atoms with Crippen LogP contribution in [0.3, 0.4) is 0 Å². The molecular weight excluding hydrogens is 456 g/mol. The summed E-state index contributed by atoms with van der Waals surface area (Å²) < 4.78 is 16.1. The van der Waals surface area contributed by atoms with E-state index in [1.165, 1.54) is 21.3 Å². The molecule has 0 spiro atoms. The molecule has 0 unspecified atom stereocenters. The van der Waals surface area contributed by atoms with Gasteiger partial charge in [0.1, 0.15) is 0 Å². The van der Waals surface area contributed by atoms with Crippen LogP contribution in [0, 0.1) is 0 Å². The second kappa shape index (κ2) is 11.4. The third-order valence-electron chi connectivity index (χ3n) is 6.23. The average Bonchev–Trinajstić information content (AvgIpc) is 2.95. The van der Waals surface area contributed by atoms with Crippen molar-refractivity contribution >= 4 is 17.4 Å². The lowest BCUT2D eigenvalue weighted by atomic mass is 9.97. The van der Waals surface area contributed by atoms with Crippen LogP contribution in [0.15, 0.2) is 78.9 Å². The highest BCUT2D eigenvalue weighted by atomic mass is 16.5. The molecule has 0 radical (unpaired) electrons. The Bertz CT molecular complexity index is 1170. The number of benzene rings is 3. The molecule has 3 aromatic rings. The Hall–Kier alpha value is -4.26. The van der Waals surface area contributed by atoms with Crippen LogP contribution in [0.1, 0.15) is 21.5 Å². The Morgan fingerprint density at radius 2 is 1.14 bits per heavy atom. The maximum absolute atomic E-state index is 13.2. The van der Waals surface area contributed by atoms with Crippen molar-refractivity contribution in [3.63, 3.8) is 0 Å². The monoisotopic (exact) mass is 486 g/mol. The zero-order chi connectivity index (χ0) is 25.5. The number of carbonyl (C=O) groups excluding carboxylic acids is 2. The van der Waals surface area contributed by atoms with E-state index in [9.17, 15) is 9.59 Å². The third kappa shape index (κ3) is 5.35. The standard InChI is InChI=1S/C29H30N2O5/c1-34-25-18-23(19-26(35-2)28(25)36-3)29(33)31-16-14-30(15-17-31)27(32)20-24(21-10-6-4-7-11-21)22-12-8-5-9-13-22/h4-13,18-20H,14-17H2,1-3H3. The number of nitrogens with zero attached hydrogens (tertiary/aromatic N) is 2. The molecule has 0 bridgehead atoms. The fourth-order valence-electron chi connectivity index (χ4n) is 4.30. The predicted molar refractivity (Wildman–Crippen MR) is 139 cm³/mol. The molecule has 7 nitrogen and oxygen atoms in total. The molecule has 1 aliphatic rings. The summed E-state index contributed by atoms with van der Waals surface area (Å²) in [5.41, 5.74) is 3.28. The minimum atomic E-state index is -0.147. The number of carbonyl (C=O) groups is 2. The van der Waals surface area contributed by atoms with Crippen LogP contribution in [-0.4, -0.2) is 69.1 Å². The van der Waals surface area contributed by atoms with Crippen molar-refractivity contribution in [2.75, 3.05) is 47.5 Å². The van der Waals surface area contributed by atoms with Gasteiger partial charge in [0.2, 0.25) is 11.7 Å². The highest BCUT2D eigenvalue weighted by Crippen LogP contribution is 2.38. The summed E-state index contributed by atoms with van der Waals surface area (Å²) in [6.07, 6.45) is 1.70. The fourth-order valence-corrected chi connectivity index (χ4v) is 4.30. The lowest BCUT2D eigenvalue weighted by Gasteiger charge is -2.34. The Morgan fingerprint density at radius 3 is 1.58 bits per heavy atom. The van der Waals surface area contributed by atoms with Gasteiger partial charge in [0.05, 0.1) is 21.3 Å². The van der Waals surface area contributed by atoms with Crippen LogP contribution in [0.5, 0.6) is 17.2 Å². The Labute approximate surface area is 211 Å². The molecule has 0 aromatic heterocycles. The lowest BCUT2D eigenvalue weighted by molar-refractivity contribution is -0.127. The number of rotatable bonds is 7. The minimum absolute atomic E-state index is 0.0717. The van der Waals surface area contributed by atoms with Crippen molar-refractivity contribution in [2.24, 2.45) is 0 Å². The summed E-state index contributed by atoms with van der Waals surface area (Å²) in [7, 11) is 4.55. The van der Waals surface area contributed by atoms with E-state index in [0.717, 1.165) is 16.7 Å². The van der Waals surface area contributed by atoms with Gasteiger partial charge >= 0.3 is 0 Å². The third-order valence-corrected chi connectivity index (χ3v) is 6.23. The molecule has 7 heteroatoms. The summed E-state index contributed by atoms with van der Waals surface area (Å²) in [5, 5.41) is 0. The molecule has 36 heavy (non-hydrogen) atoms. The van der Waals surface area contributed by atoms with E-state index in [0.29, 0.717) is 49.0 Å². The van der Waals surface area contributed by atoms with Gasteiger partial charge in [-0.25, -0.2) is 0 Å². The molecule has 1 saturated heterocycles.